The number of fused-ring (bicyclic) bond motifs is 5. The highest BCUT2D eigenvalue weighted by Crippen LogP contribution is 2.70. The van der Waals surface area contributed by atoms with Crippen LogP contribution in [0.4, 0.5) is 0 Å². The third kappa shape index (κ3) is 2.93. The summed E-state index contributed by atoms with van der Waals surface area (Å²) >= 11 is 0. The zero-order valence-electron chi connectivity index (χ0n) is 15.1. The Labute approximate surface area is 139 Å². The topological polar surface area (TPSA) is 55.8 Å². The van der Waals surface area contributed by atoms with Crippen molar-refractivity contribution in [2.45, 2.75) is 89.9 Å². The number of hydrogen-bond donors (Lipinski definition) is 1. The molecule has 0 radical (unpaired) electrons. The molecule has 2 bridgehead atoms. The molecule has 132 valence electrons. The van der Waals surface area contributed by atoms with Gasteiger partial charge in [0.25, 0.3) is 0 Å². The Balaban J connectivity index is 1.75. The lowest BCUT2D eigenvalue weighted by Gasteiger charge is -2.48. The molecule has 0 aromatic carbocycles. The first-order chi connectivity index (χ1) is 10.7. The number of carbonyl (C=O) groups excluding carboxylic acids is 1. The maximum Gasteiger partial charge on any atom is 0.332 e. The molecule has 3 fully saturated rings. The highest BCUT2D eigenvalue weighted by molar-refractivity contribution is 5.71. The molecule has 0 heterocycles. The molecule has 0 aromatic heterocycles. The summed E-state index contributed by atoms with van der Waals surface area (Å²) in [6.45, 7) is 7.57. The number of rotatable bonds is 5. The van der Waals surface area contributed by atoms with Gasteiger partial charge >= 0.3 is 5.97 Å². The lowest BCUT2D eigenvalue weighted by atomic mass is 9.65. The monoisotopic (exact) mass is 324 g/mol. The summed E-state index contributed by atoms with van der Waals surface area (Å²) in [6, 6.07) is 0. The van der Waals surface area contributed by atoms with Gasteiger partial charge in [0, 0.05) is 5.41 Å². The third-order valence-electron chi connectivity index (χ3n) is 6.33. The minimum atomic E-state index is -0.473. The van der Waals surface area contributed by atoms with Gasteiger partial charge in [-0.1, -0.05) is 6.42 Å². The second-order valence-corrected chi connectivity index (χ2v) is 9.10. The van der Waals surface area contributed by atoms with Gasteiger partial charge in [0.15, 0.2) is 0 Å². The number of ether oxygens (including phenoxy) is 2. The molecule has 5 atom stereocenters. The van der Waals surface area contributed by atoms with Crippen LogP contribution in [0.15, 0.2) is 0 Å². The molecule has 3 aliphatic rings. The van der Waals surface area contributed by atoms with Crippen LogP contribution in [-0.4, -0.2) is 35.0 Å². The number of carbonyl (C=O) groups is 1. The molecule has 1 N–H and O–H groups in total. The van der Waals surface area contributed by atoms with Crippen molar-refractivity contribution in [1.29, 1.82) is 0 Å². The average molecular weight is 324 g/mol. The van der Waals surface area contributed by atoms with Gasteiger partial charge in [-0.15, -0.1) is 0 Å². The van der Waals surface area contributed by atoms with Gasteiger partial charge in [-0.25, -0.2) is 4.79 Å². The number of hydrogen-bond acceptors (Lipinski definition) is 4. The van der Waals surface area contributed by atoms with Gasteiger partial charge in [-0.05, 0) is 78.1 Å². The molecule has 0 saturated heterocycles. The summed E-state index contributed by atoms with van der Waals surface area (Å²) in [5.74, 6) is 1.01. The van der Waals surface area contributed by atoms with Crippen molar-refractivity contribution in [2.24, 2.45) is 17.3 Å². The lowest BCUT2D eigenvalue weighted by molar-refractivity contribution is -0.186. The molecule has 5 unspecified atom stereocenters. The van der Waals surface area contributed by atoms with Crippen LogP contribution >= 0.6 is 0 Å². The highest BCUT2D eigenvalue weighted by Gasteiger charge is 2.69. The molecule has 0 aliphatic heterocycles. The Morgan fingerprint density at radius 3 is 2.70 bits per heavy atom. The van der Waals surface area contributed by atoms with Gasteiger partial charge in [-0.2, -0.15) is 0 Å². The lowest BCUT2D eigenvalue weighted by Crippen LogP contribution is -2.51. The molecular formula is C19H32O4. The minimum absolute atomic E-state index is 0.0437. The second kappa shape index (κ2) is 5.73. The fraction of sp³-hybridized carbons (Fsp3) is 0.947. The molecule has 0 spiro atoms. The van der Waals surface area contributed by atoms with E-state index in [0.717, 1.165) is 31.6 Å². The smallest absolute Gasteiger partial charge is 0.332 e. The molecule has 3 rings (SSSR count). The van der Waals surface area contributed by atoms with E-state index in [4.69, 9.17) is 9.47 Å². The molecular weight excluding hydrogens is 292 g/mol. The van der Waals surface area contributed by atoms with Gasteiger partial charge in [0.05, 0.1) is 11.7 Å². The van der Waals surface area contributed by atoms with Crippen LogP contribution in [0.2, 0.25) is 0 Å². The molecule has 3 saturated carbocycles. The quantitative estimate of drug-likeness (QED) is 0.787. The summed E-state index contributed by atoms with van der Waals surface area (Å²) in [4.78, 5) is 12.1. The van der Waals surface area contributed by atoms with Gasteiger partial charge < -0.3 is 14.6 Å². The summed E-state index contributed by atoms with van der Waals surface area (Å²) in [7, 11) is 0. The fourth-order valence-electron chi connectivity index (χ4n) is 5.99. The Morgan fingerprint density at radius 2 is 2.04 bits per heavy atom. The molecule has 0 amide bonds. The maximum atomic E-state index is 12.1. The standard InChI is InChI=1S/C19H32O4/c1-13(20)10-18-9-7-14(11-18)15-6-5-8-19(15,18)22-12-16(21)23-17(2,3)4/h13-15,20H,5-12H2,1-4H3. The van der Waals surface area contributed by atoms with Crippen molar-refractivity contribution in [2.75, 3.05) is 6.61 Å². The largest absolute Gasteiger partial charge is 0.458 e. The van der Waals surface area contributed by atoms with Crippen LogP contribution in [0.5, 0.6) is 0 Å². The van der Waals surface area contributed by atoms with Crippen LogP contribution in [0, 0.1) is 17.3 Å². The van der Waals surface area contributed by atoms with Gasteiger partial charge in [0.2, 0.25) is 0 Å². The first kappa shape index (κ1) is 17.2. The fourth-order valence-corrected chi connectivity index (χ4v) is 5.99. The summed E-state index contributed by atoms with van der Waals surface area (Å²) in [5, 5.41) is 10.0. The average Bonchev–Trinajstić information content (AvgIpc) is 3.03. The predicted molar refractivity (Wildman–Crippen MR) is 87.9 cm³/mol. The number of aliphatic hydroxyl groups is 1. The predicted octanol–water partition coefficient (Wildman–Crippen LogP) is 3.45. The summed E-state index contributed by atoms with van der Waals surface area (Å²) < 4.78 is 11.8. The number of esters is 1. The van der Waals surface area contributed by atoms with E-state index < -0.39 is 5.60 Å². The van der Waals surface area contributed by atoms with E-state index in [-0.39, 0.29) is 29.7 Å². The maximum absolute atomic E-state index is 12.1. The molecule has 4 heteroatoms. The summed E-state index contributed by atoms with van der Waals surface area (Å²) in [6.07, 6.45) is 7.46. The Bertz CT molecular complexity index is 466. The van der Waals surface area contributed by atoms with Gasteiger partial charge in [-0.3, -0.25) is 0 Å². The van der Waals surface area contributed by atoms with Crippen LogP contribution in [0.1, 0.15) is 72.6 Å². The van der Waals surface area contributed by atoms with Crippen molar-refractivity contribution < 1.29 is 19.4 Å². The van der Waals surface area contributed by atoms with Crippen molar-refractivity contribution in [3.8, 4) is 0 Å². The van der Waals surface area contributed by atoms with Crippen LogP contribution in [-0.2, 0) is 14.3 Å². The van der Waals surface area contributed by atoms with E-state index in [1.807, 2.05) is 27.7 Å². The van der Waals surface area contributed by atoms with Crippen LogP contribution in [0.3, 0.4) is 0 Å². The van der Waals surface area contributed by atoms with E-state index >= 15 is 0 Å². The van der Waals surface area contributed by atoms with E-state index in [9.17, 15) is 9.90 Å². The van der Waals surface area contributed by atoms with Crippen molar-refractivity contribution >= 4 is 5.97 Å². The van der Waals surface area contributed by atoms with E-state index in [1.165, 1.54) is 19.3 Å². The van der Waals surface area contributed by atoms with E-state index in [1.54, 1.807) is 0 Å². The molecule has 3 aliphatic carbocycles. The Kier molecular flexibility index (Phi) is 4.29. The van der Waals surface area contributed by atoms with E-state index in [0.29, 0.717) is 5.92 Å². The Hall–Kier alpha value is -0.610. The normalized spacial score (nSPS) is 40.2. The number of aliphatic hydroxyl groups excluding tert-OH is 1. The van der Waals surface area contributed by atoms with E-state index in [2.05, 4.69) is 0 Å². The second-order valence-electron chi connectivity index (χ2n) is 9.10. The minimum Gasteiger partial charge on any atom is -0.458 e. The molecule has 0 aromatic rings. The van der Waals surface area contributed by atoms with Crippen LogP contribution in [0.25, 0.3) is 0 Å². The first-order valence-corrected chi connectivity index (χ1v) is 9.21. The zero-order valence-corrected chi connectivity index (χ0v) is 15.1. The molecule has 4 nitrogen and oxygen atoms in total. The van der Waals surface area contributed by atoms with Crippen LogP contribution < -0.4 is 0 Å². The zero-order chi connectivity index (χ0) is 16.9. The van der Waals surface area contributed by atoms with Crippen molar-refractivity contribution in [3.63, 3.8) is 0 Å². The SMILES string of the molecule is CC(O)CC12CCC(C1)C1CCCC12OCC(=O)OC(C)(C)C. The highest BCUT2D eigenvalue weighted by atomic mass is 16.6. The first-order valence-electron chi connectivity index (χ1n) is 9.21. The van der Waals surface area contributed by atoms with Gasteiger partial charge in [0.1, 0.15) is 12.2 Å². The summed E-state index contributed by atoms with van der Waals surface area (Å²) in [5.41, 5.74) is -0.613. The third-order valence-corrected chi connectivity index (χ3v) is 6.33. The molecule has 23 heavy (non-hydrogen) atoms. The van der Waals surface area contributed by atoms with Crippen molar-refractivity contribution in [1.82, 2.24) is 0 Å². The van der Waals surface area contributed by atoms with Crippen molar-refractivity contribution in [3.05, 3.63) is 0 Å². The Morgan fingerprint density at radius 1 is 1.30 bits per heavy atom.